The van der Waals surface area contributed by atoms with Crippen molar-refractivity contribution in [2.75, 3.05) is 26.1 Å². The molecule has 4 rings (SSSR count). The smallest absolute Gasteiger partial charge is 0.291 e. The van der Waals surface area contributed by atoms with E-state index in [2.05, 4.69) is 15.8 Å². The van der Waals surface area contributed by atoms with Gasteiger partial charge in [0.2, 0.25) is 0 Å². The van der Waals surface area contributed by atoms with Crippen LogP contribution in [0.4, 0.5) is 5.69 Å². The highest BCUT2D eigenvalue weighted by molar-refractivity contribution is 6.09. The van der Waals surface area contributed by atoms with E-state index in [1.807, 2.05) is 18.2 Å². The second-order valence-electron chi connectivity index (χ2n) is 7.92. The number of nitrogens with one attached hydrogen (secondary N) is 2. The van der Waals surface area contributed by atoms with Crippen molar-refractivity contribution in [1.82, 2.24) is 5.43 Å². The molecule has 1 aliphatic rings. The number of anilines is 1. The van der Waals surface area contributed by atoms with Gasteiger partial charge in [-0.25, -0.2) is 5.43 Å². The van der Waals surface area contributed by atoms with Crippen molar-refractivity contribution in [3.8, 4) is 17.2 Å². The number of para-hydroxylation sites is 1. The number of furan rings is 1. The first-order valence-corrected chi connectivity index (χ1v) is 11.2. The van der Waals surface area contributed by atoms with Gasteiger partial charge in [-0.2, -0.15) is 5.10 Å². The first-order valence-electron chi connectivity index (χ1n) is 11.2. The molecule has 2 aromatic carbocycles. The quantitative estimate of drug-likeness (QED) is 0.473. The second-order valence-corrected chi connectivity index (χ2v) is 7.92. The largest absolute Gasteiger partial charge is 0.497 e. The minimum absolute atomic E-state index is 0.159. The first kappa shape index (κ1) is 23.9. The molecule has 3 aromatic rings. The SMILES string of the molecule is COc1ccc(OC)c(NC(=O)c2oc3c(c2C)/C(=N/NC(=O)COc2ccccc2)CCC3)c1. The fraction of sp³-hybridized carbons (Fsp3) is 0.269. The molecule has 182 valence electrons. The Labute approximate surface area is 203 Å². The molecule has 1 aliphatic carbocycles. The summed E-state index contributed by atoms with van der Waals surface area (Å²) in [4.78, 5) is 25.3. The van der Waals surface area contributed by atoms with Crippen LogP contribution in [0.15, 0.2) is 58.0 Å². The van der Waals surface area contributed by atoms with Crippen LogP contribution in [0.5, 0.6) is 17.2 Å². The maximum Gasteiger partial charge on any atom is 0.291 e. The van der Waals surface area contributed by atoms with Gasteiger partial charge in [-0.15, -0.1) is 0 Å². The lowest BCUT2D eigenvalue weighted by Crippen LogP contribution is -2.27. The minimum atomic E-state index is -0.414. The Kier molecular flexibility index (Phi) is 7.35. The van der Waals surface area contributed by atoms with Crippen LogP contribution in [0.1, 0.15) is 40.3 Å². The normalized spacial score (nSPS) is 13.6. The maximum absolute atomic E-state index is 13.1. The molecule has 0 fully saturated rings. The number of hydrazone groups is 1. The van der Waals surface area contributed by atoms with E-state index in [1.54, 1.807) is 44.4 Å². The molecule has 0 aliphatic heterocycles. The summed E-state index contributed by atoms with van der Waals surface area (Å²) in [7, 11) is 3.07. The summed E-state index contributed by atoms with van der Waals surface area (Å²) in [6.45, 7) is 1.65. The third-order valence-corrected chi connectivity index (χ3v) is 5.62. The molecule has 1 aromatic heterocycles. The van der Waals surface area contributed by atoms with Gasteiger partial charge in [0.25, 0.3) is 11.8 Å². The zero-order valence-electron chi connectivity index (χ0n) is 19.8. The van der Waals surface area contributed by atoms with Gasteiger partial charge in [0.15, 0.2) is 12.4 Å². The maximum atomic E-state index is 13.1. The summed E-state index contributed by atoms with van der Waals surface area (Å²) in [5, 5.41) is 7.15. The molecule has 2 amide bonds. The fourth-order valence-electron chi connectivity index (χ4n) is 3.92. The fourth-order valence-corrected chi connectivity index (χ4v) is 3.92. The number of carbonyl (C=O) groups is 2. The third kappa shape index (κ3) is 5.46. The molecule has 35 heavy (non-hydrogen) atoms. The monoisotopic (exact) mass is 477 g/mol. The number of hydrogen-bond acceptors (Lipinski definition) is 7. The van der Waals surface area contributed by atoms with Gasteiger partial charge >= 0.3 is 0 Å². The Morgan fingerprint density at radius 3 is 2.57 bits per heavy atom. The number of benzene rings is 2. The van der Waals surface area contributed by atoms with Crippen LogP contribution >= 0.6 is 0 Å². The first-order chi connectivity index (χ1) is 17.0. The molecule has 9 nitrogen and oxygen atoms in total. The number of aryl methyl sites for hydroxylation is 1. The van der Waals surface area contributed by atoms with E-state index in [1.165, 1.54) is 7.11 Å². The number of fused-ring (bicyclic) bond motifs is 1. The Hall–Kier alpha value is -4.27. The van der Waals surface area contributed by atoms with Crippen molar-refractivity contribution in [2.45, 2.75) is 26.2 Å². The molecule has 0 saturated carbocycles. The van der Waals surface area contributed by atoms with Gasteiger partial charge in [-0.3, -0.25) is 9.59 Å². The van der Waals surface area contributed by atoms with Crippen molar-refractivity contribution in [3.63, 3.8) is 0 Å². The topological polar surface area (TPSA) is 111 Å². The van der Waals surface area contributed by atoms with Crippen molar-refractivity contribution < 1.29 is 28.2 Å². The van der Waals surface area contributed by atoms with Gasteiger partial charge in [0, 0.05) is 23.6 Å². The highest BCUT2D eigenvalue weighted by atomic mass is 16.5. The van der Waals surface area contributed by atoms with Crippen LogP contribution in [-0.4, -0.2) is 38.4 Å². The van der Waals surface area contributed by atoms with Crippen LogP contribution in [0, 0.1) is 6.92 Å². The molecule has 0 bridgehead atoms. The van der Waals surface area contributed by atoms with E-state index < -0.39 is 5.91 Å². The zero-order chi connectivity index (χ0) is 24.8. The van der Waals surface area contributed by atoms with Crippen LogP contribution < -0.4 is 25.0 Å². The Balaban J connectivity index is 1.49. The number of carbonyl (C=O) groups excluding carboxylic acids is 2. The van der Waals surface area contributed by atoms with Crippen LogP contribution in [-0.2, 0) is 11.2 Å². The summed E-state index contributed by atoms with van der Waals surface area (Å²) in [5.74, 6) is 1.75. The van der Waals surface area contributed by atoms with Crippen molar-refractivity contribution in [3.05, 3.63) is 71.2 Å². The average molecular weight is 478 g/mol. The number of nitrogens with zero attached hydrogens (tertiary/aromatic N) is 1. The van der Waals surface area contributed by atoms with E-state index in [-0.39, 0.29) is 18.3 Å². The molecule has 2 N–H and O–H groups in total. The van der Waals surface area contributed by atoms with Crippen LogP contribution in [0.2, 0.25) is 0 Å². The molecule has 0 atom stereocenters. The molecule has 0 spiro atoms. The van der Waals surface area contributed by atoms with E-state index in [0.717, 1.165) is 12.0 Å². The zero-order valence-corrected chi connectivity index (χ0v) is 19.8. The van der Waals surface area contributed by atoms with E-state index in [9.17, 15) is 9.59 Å². The predicted octanol–water partition coefficient (Wildman–Crippen LogP) is 4.09. The number of rotatable bonds is 8. The molecule has 1 heterocycles. The molecular formula is C26H27N3O6. The summed E-state index contributed by atoms with van der Waals surface area (Å²) in [5.41, 5.74) is 5.09. The van der Waals surface area contributed by atoms with E-state index >= 15 is 0 Å². The number of amides is 2. The second kappa shape index (κ2) is 10.8. The summed E-state index contributed by atoms with van der Waals surface area (Å²) < 4.78 is 22.0. The lowest BCUT2D eigenvalue weighted by Gasteiger charge is -2.13. The average Bonchev–Trinajstić information content (AvgIpc) is 3.23. The Morgan fingerprint density at radius 1 is 1.03 bits per heavy atom. The standard InChI is InChI=1S/C26H27N3O6/c1-16-24-19(28-29-23(30)15-34-17-8-5-4-6-9-17)10-7-11-22(24)35-25(16)26(31)27-20-14-18(32-2)12-13-21(20)33-3/h4-6,8-9,12-14H,7,10-11,15H2,1-3H3,(H,27,31)(H,29,30)/b28-19+. The van der Waals surface area contributed by atoms with Crippen molar-refractivity contribution in [1.29, 1.82) is 0 Å². The van der Waals surface area contributed by atoms with Crippen LogP contribution in [0.25, 0.3) is 0 Å². The van der Waals surface area contributed by atoms with Crippen molar-refractivity contribution >= 4 is 23.2 Å². The van der Waals surface area contributed by atoms with Gasteiger partial charge in [0.05, 0.1) is 25.6 Å². The molecule has 0 radical (unpaired) electrons. The minimum Gasteiger partial charge on any atom is -0.497 e. The summed E-state index contributed by atoms with van der Waals surface area (Å²) in [6.07, 6.45) is 2.12. The summed E-state index contributed by atoms with van der Waals surface area (Å²) in [6, 6.07) is 14.2. The third-order valence-electron chi connectivity index (χ3n) is 5.62. The number of methoxy groups -OCH3 is 2. The van der Waals surface area contributed by atoms with Crippen LogP contribution in [0.3, 0.4) is 0 Å². The molecular weight excluding hydrogens is 450 g/mol. The van der Waals surface area contributed by atoms with Crippen molar-refractivity contribution in [2.24, 2.45) is 5.10 Å². The van der Waals surface area contributed by atoms with Gasteiger partial charge in [-0.05, 0) is 44.0 Å². The van der Waals surface area contributed by atoms with Gasteiger partial charge < -0.3 is 23.9 Å². The van der Waals surface area contributed by atoms with E-state index in [4.69, 9.17) is 18.6 Å². The molecule has 0 saturated heterocycles. The van der Waals surface area contributed by atoms with Gasteiger partial charge in [-0.1, -0.05) is 18.2 Å². The predicted molar refractivity (Wildman–Crippen MR) is 130 cm³/mol. The Morgan fingerprint density at radius 2 is 1.83 bits per heavy atom. The molecule has 0 unspecified atom stereocenters. The molecule has 9 heteroatoms. The lowest BCUT2D eigenvalue weighted by molar-refractivity contribution is -0.123. The Bertz CT molecular complexity index is 1250. The van der Waals surface area contributed by atoms with Gasteiger partial charge in [0.1, 0.15) is 23.0 Å². The number of ether oxygens (including phenoxy) is 3. The lowest BCUT2D eigenvalue weighted by atomic mass is 9.93. The number of hydrogen-bond donors (Lipinski definition) is 2. The highest BCUT2D eigenvalue weighted by Gasteiger charge is 2.28. The summed E-state index contributed by atoms with van der Waals surface area (Å²) >= 11 is 0. The van der Waals surface area contributed by atoms with E-state index in [0.29, 0.717) is 52.8 Å². The highest BCUT2D eigenvalue weighted by Crippen LogP contribution is 2.32.